The summed E-state index contributed by atoms with van der Waals surface area (Å²) in [4.78, 5) is 38.5. The van der Waals surface area contributed by atoms with Crippen molar-refractivity contribution in [1.82, 2.24) is 4.90 Å². The monoisotopic (exact) mass is 386 g/mol. The zero-order chi connectivity index (χ0) is 20.3. The Hall–Kier alpha value is -2.37. The summed E-state index contributed by atoms with van der Waals surface area (Å²) in [6.07, 6.45) is 4.72. The van der Waals surface area contributed by atoms with Crippen LogP contribution in [-0.4, -0.2) is 40.9 Å². The number of nitrogens with zero attached hydrogens (tertiary/aromatic N) is 1. The van der Waals surface area contributed by atoms with Crippen molar-refractivity contribution in [3.8, 4) is 0 Å². The molecule has 6 heteroatoms. The van der Waals surface area contributed by atoms with Gasteiger partial charge in [0.25, 0.3) is 5.91 Å². The molecule has 0 radical (unpaired) electrons. The number of hydrogen-bond acceptors (Lipinski definition) is 3. The maximum Gasteiger partial charge on any atom is 0.306 e. The minimum atomic E-state index is -0.816. The van der Waals surface area contributed by atoms with Gasteiger partial charge in [0.1, 0.15) is 0 Å². The van der Waals surface area contributed by atoms with Gasteiger partial charge in [0.15, 0.2) is 0 Å². The summed E-state index contributed by atoms with van der Waals surface area (Å²) in [6, 6.07) is 5.38. The van der Waals surface area contributed by atoms with Crippen LogP contribution < -0.4 is 5.32 Å². The summed E-state index contributed by atoms with van der Waals surface area (Å²) >= 11 is 0. The highest BCUT2D eigenvalue weighted by Gasteiger charge is 2.31. The van der Waals surface area contributed by atoms with Crippen molar-refractivity contribution in [3.63, 3.8) is 0 Å². The molecule has 1 heterocycles. The number of carboxylic acids is 1. The van der Waals surface area contributed by atoms with Gasteiger partial charge in [-0.25, -0.2) is 0 Å². The minimum absolute atomic E-state index is 0.0455. The summed E-state index contributed by atoms with van der Waals surface area (Å²) in [5.41, 5.74) is 2.18. The van der Waals surface area contributed by atoms with Crippen molar-refractivity contribution in [2.45, 2.75) is 52.4 Å². The van der Waals surface area contributed by atoms with Crippen LogP contribution >= 0.6 is 0 Å². The third-order valence-electron chi connectivity index (χ3n) is 6.07. The number of carboxylic acid groups (broad SMARTS) is 1. The number of rotatable bonds is 4. The van der Waals surface area contributed by atoms with Crippen molar-refractivity contribution < 1.29 is 19.5 Å². The average molecular weight is 386 g/mol. The lowest BCUT2D eigenvalue weighted by atomic mass is 9.81. The van der Waals surface area contributed by atoms with E-state index in [0.29, 0.717) is 30.0 Å². The molecule has 0 spiro atoms. The predicted molar refractivity (Wildman–Crippen MR) is 107 cm³/mol. The van der Waals surface area contributed by atoms with Crippen LogP contribution in [0.3, 0.4) is 0 Å². The maximum absolute atomic E-state index is 12.8. The molecular weight excluding hydrogens is 356 g/mol. The molecule has 28 heavy (non-hydrogen) atoms. The molecule has 1 saturated carbocycles. The Morgan fingerprint density at radius 2 is 1.86 bits per heavy atom. The van der Waals surface area contributed by atoms with Crippen molar-refractivity contribution in [1.29, 1.82) is 0 Å². The first-order chi connectivity index (χ1) is 13.3. The van der Waals surface area contributed by atoms with Gasteiger partial charge in [0.05, 0.1) is 5.92 Å². The highest BCUT2D eigenvalue weighted by Crippen LogP contribution is 2.30. The number of piperidine rings is 1. The lowest BCUT2D eigenvalue weighted by molar-refractivity contribution is -0.143. The lowest BCUT2D eigenvalue weighted by Gasteiger charge is -2.31. The molecule has 1 aliphatic carbocycles. The molecule has 0 aromatic heterocycles. The number of benzene rings is 1. The molecule has 3 rings (SSSR count). The maximum atomic E-state index is 12.8. The van der Waals surface area contributed by atoms with Crippen LogP contribution in [0.2, 0.25) is 0 Å². The minimum Gasteiger partial charge on any atom is -0.481 e. The van der Waals surface area contributed by atoms with Crippen LogP contribution in [0.25, 0.3) is 0 Å². The molecule has 3 atom stereocenters. The number of likely N-dealkylation sites (tertiary alicyclic amines) is 1. The van der Waals surface area contributed by atoms with E-state index in [9.17, 15) is 19.5 Å². The normalized spacial score (nSPS) is 25.2. The Morgan fingerprint density at radius 1 is 1.11 bits per heavy atom. The predicted octanol–water partition coefficient (Wildman–Crippen LogP) is 3.70. The average Bonchev–Trinajstić information content (AvgIpc) is 2.69. The molecule has 0 bridgehead atoms. The van der Waals surface area contributed by atoms with Crippen LogP contribution in [0, 0.1) is 24.7 Å². The Morgan fingerprint density at radius 3 is 2.54 bits per heavy atom. The second-order valence-electron chi connectivity index (χ2n) is 8.42. The van der Waals surface area contributed by atoms with Gasteiger partial charge in [0, 0.05) is 30.3 Å². The molecule has 1 saturated heterocycles. The number of carbonyl (C=O) groups excluding carboxylic acids is 2. The van der Waals surface area contributed by atoms with E-state index in [4.69, 9.17) is 0 Å². The zero-order valence-corrected chi connectivity index (χ0v) is 16.7. The van der Waals surface area contributed by atoms with E-state index >= 15 is 0 Å². The Bertz CT molecular complexity index is 761. The van der Waals surface area contributed by atoms with E-state index in [1.165, 1.54) is 0 Å². The fourth-order valence-electron chi connectivity index (χ4n) is 4.38. The summed E-state index contributed by atoms with van der Waals surface area (Å²) in [5.74, 6) is -1.07. The molecule has 6 nitrogen and oxygen atoms in total. The third kappa shape index (κ3) is 4.72. The quantitative estimate of drug-likeness (QED) is 0.826. The number of aryl methyl sites for hydroxylation is 1. The van der Waals surface area contributed by atoms with Crippen LogP contribution in [0.4, 0.5) is 5.69 Å². The van der Waals surface area contributed by atoms with Gasteiger partial charge in [-0.15, -0.1) is 0 Å². The summed E-state index contributed by atoms with van der Waals surface area (Å²) in [5, 5.41) is 12.1. The van der Waals surface area contributed by atoms with Gasteiger partial charge in [-0.05, 0) is 68.7 Å². The number of carbonyl (C=O) groups is 3. The topological polar surface area (TPSA) is 86.7 Å². The number of aliphatic carboxylic acids is 1. The Labute approximate surface area is 166 Å². The van der Waals surface area contributed by atoms with Crippen molar-refractivity contribution in [3.05, 3.63) is 29.3 Å². The molecule has 2 fully saturated rings. The van der Waals surface area contributed by atoms with Crippen LogP contribution in [0.5, 0.6) is 0 Å². The molecule has 152 valence electrons. The molecule has 2 amide bonds. The van der Waals surface area contributed by atoms with Crippen molar-refractivity contribution in [2.75, 3.05) is 18.4 Å². The molecule has 2 aliphatic rings. The summed E-state index contributed by atoms with van der Waals surface area (Å²) in [6.45, 7) is 5.64. The van der Waals surface area contributed by atoms with Gasteiger partial charge in [-0.2, -0.15) is 0 Å². The fourth-order valence-corrected chi connectivity index (χ4v) is 4.38. The standard InChI is InChI=1S/C22H30N2O4/c1-14-5-4-10-24(13-14)21(26)17-8-9-19(15(2)11-17)23-20(25)16-6-3-7-18(12-16)22(27)28/h8-9,11,14,16,18H,3-7,10,12-13H2,1-2H3,(H,23,25)(H,27,28). The second-order valence-corrected chi connectivity index (χ2v) is 8.42. The van der Waals surface area contributed by atoms with E-state index in [2.05, 4.69) is 12.2 Å². The van der Waals surface area contributed by atoms with E-state index in [1.807, 2.05) is 17.9 Å². The van der Waals surface area contributed by atoms with Gasteiger partial charge >= 0.3 is 5.97 Å². The van der Waals surface area contributed by atoms with Gasteiger partial charge < -0.3 is 15.3 Å². The van der Waals surface area contributed by atoms with Crippen LogP contribution in [0.1, 0.15) is 61.4 Å². The molecular formula is C22H30N2O4. The first-order valence-electron chi connectivity index (χ1n) is 10.3. The van der Waals surface area contributed by atoms with E-state index < -0.39 is 11.9 Å². The molecule has 2 N–H and O–H groups in total. The highest BCUT2D eigenvalue weighted by atomic mass is 16.4. The van der Waals surface area contributed by atoms with Crippen molar-refractivity contribution in [2.24, 2.45) is 17.8 Å². The highest BCUT2D eigenvalue weighted by molar-refractivity contribution is 5.97. The van der Waals surface area contributed by atoms with Crippen molar-refractivity contribution >= 4 is 23.5 Å². The van der Waals surface area contributed by atoms with E-state index in [0.717, 1.165) is 44.3 Å². The summed E-state index contributed by atoms with van der Waals surface area (Å²) < 4.78 is 0. The van der Waals surface area contributed by atoms with Gasteiger partial charge in [-0.1, -0.05) is 13.3 Å². The van der Waals surface area contributed by atoms with Gasteiger partial charge in [-0.3, -0.25) is 14.4 Å². The summed E-state index contributed by atoms with van der Waals surface area (Å²) in [7, 11) is 0. The lowest BCUT2D eigenvalue weighted by Crippen LogP contribution is -2.39. The molecule has 1 aromatic rings. The first kappa shape index (κ1) is 20.4. The van der Waals surface area contributed by atoms with Gasteiger partial charge in [0.2, 0.25) is 5.91 Å². The van der Waals surface area contributed by atoms with Crippen LogP contribution in [-0.2, 0) is 9.59 Å². The molecule has 1 aromatic carbocycles. The Kier molecular flexibility index (Phi) is 6.37. The number of amides is 2. The van der Waals surface area contributed by atoms with E-state index in [1.54, 1.807) is 12.1 Å². The smallest absolute Gasteiger partial charge is 0.306 e. The SMILES string of the molecule is Cc1cc(C(=O)N2CCCC(C)C2)ccc1NC(=O)C1CCCC(C(=O)O)C1. The molecule has 3 unspecified atom stereocenters. The number of hydrogen-bond donors (Lipinski definition) is 2. The number of anilines is 1. The fraction of sp³-hybridized carbons (Fsp3) is 0.591. The number of nitrogens with one attached hydrogen (secondary N) is 1. The Balaban J connectivity index is 1.64. The largest absolute Gasteiger partial charge is 0.481 e. The molecule has 1 aliphatic heterocycles. The second kappa shape index (κ2) is 8.76. The third-order valence-corrected chi connectivity index (χ3v) is 6.07. The zero-order valence-electron chi connectivity index (χ0n) is 16.7. The van der Waals surface area contributed by atoms with E-state index in [-0.39, 0.29) is 17.7 Å². The van der Waals surface area contributed by atoms with Crippen LogP contribution in [0.15, 0.2) is 18.2 Å². The first-order valence-corrected chi connectivity index (χ1v) is 10.3.